The standard InChI is InChI=1S/C32H52O2S/c1-3-4-12-23-35(33)24-22-34-21-11-7-5-6-8-15-27-25-26-14-9-10-16-28(26)29-18-20-32(2)19-13-17-30(32)31(27)29/h9-10,14,16,27,29-31H,3-8,11-13,15,17-25H2,1-2H3/t27-,29-,30+,31-,32+,35?/m1/s1. The van der Waals surface area contributed by atoms with Crippen molar-refractivity contribution in [2.75, 3.05) is 24.7 Å². The molecule has 0 N–H and O–H groups in total. The van der Waals surface area contributed by atoms with Crippen LogP contribution in [0.2, 0.25) is 0 Å². The molecule has 0 heterocycles. The van der Waals surface area contributed by atoms with Crippen molar-refractivity contribution < 1.29 is 8.95 Å². The SMILES string of the molecule is CCCCCS(=O)CCOCCCCCCC[C@@H]1Cc2ccccc2[C@H]2CC[C@]3(C)CCC[C@H]3[C@H]12. The highest BCUT2D eigenvalue weighted by Crippen LogP contribution is 2.62. The van der Waals surface area contributed by atoms with E-state index in [1.54, 1.807) is 11.1 Å². The molecular weight excluding hydrogens is 448 g/mol. The zero-order valence-corrected chi connectivity index (χ0v) is 23.6. The Balaban J connectivity index is 1.14. The summed E-state index contributed by atoms with van der Waals surface area (Å²) in [6, 6.07) is 9.45. The van der Waals surface area contributed by atoms with Crippen LogP contribution in [0.25, 0.3) is 0 Å². The molecule has 2 fully saturated rings. The van der Waals surface area contributed by atoms with Gasteiger partial charge in [0.05, 0.1) is 6.61 Å². The van der Waals surface area contributed by atoms with Crippen LogP contribution in [0.15, 0.2) is 24.3 Å². The Morgan fingerprint density at radius 1 is 0.943 bits per heavy atom. The lowest BCUT2D eigenvalue weighted by molar-refractivity contribution is 0.0225. The van der Waals surface area contributed by atoms with E-state index in [-0.39, 0.29) is 0 Å². The maximum Gasteiger partial charge on any atom is 0.0581 e. The van der Waals surface area contributed by atoms with Crippen LogP contribution in [-0.4, -0.2) is 28.9 Å². The summed E-state index contributed by atoms with van der Waals surface area (Å²) < 4.78 is 17.7. The van der Waals surface area contributed by atoms with Gasteiger partial charge in [0.15, 0.2) is 0 Å². The average Bonchev–Trinajstić information content (AvgIpc) is 3.26. The molecule has 0 bridgehead atoms. The minimum atomic E-state index is -0.682. The second-order valence-electron chi connectivity index (χ2n) is 12.3. The number of ether oxygens (including phenoxy) is 1. The van der Waals surface area contributed by atoms with Gasteiger partial charge in [-0.15, -0.1) is 0 Å². The zero-order chi connectivity index (χ0) is 24.5. The lowest BCUT2D eigenvalue weighted by Crippen LogP contribution is -2.44. The first kappa shape index (κ1) is 27.4. The smallest absolute Gasteiger partial charge is 0.0581 e. The Labute approximate surface area is 218 Å². The van der Waals surface area contributed by atoms with Crippen LogP contribution in [0, 0.1) is 23.2 Å². The Kier molecular flexibility index (Phi) is 10.8. The molecule has 3 aliphatic rings. The summed E-state index contributed by atoms with van der Waals surface area (Å²) in [5.74, 6) is 5.21. The van der Waals surface area contributed by atoms with Crippen molar-refractivity contribution in [3.63, 3.8) is 0 Å². The topological polar surface area (TPSA) is 26.3 Å². The van der Waals surface area contributed by atoms with E-state index in [0.717, 1.165) is 54.6 Å². The Morgan fingerprint density at radius 2 is 1.77 bits per heavy atom. The summed E-state index contributed by atoms with van der Waals surface area (Å²) >= 11 is 0. The molecule has 3 aliphatic carbocycles. The first-order chi connectivity index (χ1) is 17.1. The van der Waals surface area contributed by atoms with Crippen LogP contribution in [0.3, 0.4) is 0 Å². The summed E-state index contributed by atoms with van der Waals surface area (Å²) in [6.07, 6.45) is 20.1. The molecule has 2 saturated carbocycles. The molecule has 1 aromatic rings. The third-order valence-corrected chi connectivity index (χ3v) is 11.3. The number of hydrogen-bond acceptors (Lipinski definition) is 2. The van der Waals surface area contributed by atoms with Crippen molar-refractivity contribution in [2.24, 2.45) is 23.2 Å². The highest BCUT2D eigenvalue weighted by Gasteiger charge is 2.52. The molecule has 0 aliphatic heterocycles. The summed E-state index contributed by atoms with van der Waals surface area (Å²) in [5, 5.41) is 0. The summed E-state index contributed by atoms with van der Waals surface area (Å²) in [4.78, 5) is 0. The molecule has 3 heteroatoms. The van der Waals surface area contributed by atoms with Gasteiger partial charge in [-0.25, -0.2) is 0 Å². The van der Waals surface area contributed by atoms with Gasteiger partial charge in [-0.3, -0.25) is 4.21 Å². The van der Waals surface area contributed by atoms with E-state index in [2.05, 4.69) is 38.1 Å². The van der Waals surface area contributed by atoms with Gasteiger partial charge >= 0.3 is 0 Å². The zero-order valence-electron chi connectivity index (χ0n) is 22.8. The quantitative estimate of drug-likeness (QED) is 0.226. The molecule has 0 spiro atoms. The van der Waals surface area contributed by atoms with Crippen molar-refractivity contribution in [1.82, 2.24) is 0 Å². The van der Waals surface area contributed by atoms with Gasteiger partial charge in [-0.2, -0.15) is 0 Å². The van der Waals surface area contributed by atoms with Gasteiger partial charge in [0, 0.05) is 28.9 Å². The predicted molar refractivity (Wildman–Crippen MR) is 150 cm³/mol. The Bertz CT molecular complexity index is 792. The second kappa shape index (κ2) is 13.8. The molecule has 0 radical (unpaired) electrons. The van der Waals surface area contributed by atoms with Crippen molar-refractivity contribution in [3.8, 4) is 0 Å². The van der Waals surface area contributed by atoms with Gasteiger partial charge in [-0.1, -0.05) is 83.1 Å². The third kappa shape index (κ3) is 7.22. The number of hydrogen-bond donors (Lipinski definition) is 0. The molecule has 2 nitrogen and oxygen atoms in total. The van der Waals surface area contributed by atoms with Gasteiger partial charge < -0.3 is 4.74 Å². The molecule has 4 rings (SSSR count). The third-order valence-electron chi connectivity index (χ3n) is 9.89. The average molecular weight is 501 g/mol. The van der Waals surface area contributed by atoms with E-state index in [1.807, 2.05) is 0 Å². The fraction of sp³-hybridized carbons (Fsp3) is 0.812. The summed E-state index contributed by atoms with van der Waals surface area (Å²) in [7, 11) is -0.682. The minimum absolute atomic E-state index is 0.633. The van der Waals surface area contributed by atoms with Crippen LogP contribution in [0.4, 0.5) is 0 Å². The van der Waals surface area contributed by atoms with E-state index < -0.39 is 10.8 Å². The molecule has 0 aromatic heterocycles. The minimum Gasteiger partial charge on any atom is -0.380 e. The van der Waals surface area contributed by atoms with E-state index >= 15 is 0 Å². The van der Waals surface area contributed by atoms with Crippen LogP contribution < -0.4 is 0 Å². The predicted octanol–water partition coefficient (Wildman–Crippen LogP) is 8.46. The monoisotopic (exact) mass is 500 g/mol. The first-order valence-corrected chi connectivity index (χ1v) is 16.6. The molecule has 1 aromatic carbocycles. The van der Waals surface area contributed by atoms with E-state index in [1.165, 1.54) is 83.5 Å². The van der Waals surface area contributed by atoms with Crippen molar-refractivity contribution in [1.29, 1.82) is 0 Å². The van der Waals surface area contributed by atoms with E-state index in [4.69, 9.17) is 4.74 Å². The van der Waals surface area contributed by atoms with Crippen molar-refractivity contribution >= 4 is 10.8 Å². The van der Waals surface area contributed by atoms with Crippen molar-refractivity contribution in [3.05, 3.63) is 35.4 Å². The highest BCUT2D eigenvalue weighted by molar-refractivity contribution is 7.84. The molecule has 6 atom stereocenters. The molecular formula is C32H52O2S. The lowest BCUT2D eigenvalue weighted by Gasteiger charge is -2.52. The number of fused-ring (bicyclic) bond motifs is 5. The number of unbranched alkanes of at least 4 members (excludes halogenated alkanes) is 6. The van der Waals surface area contributed by atoms with Gasteiger partial charge in [0.1, 0.15) is 0 Å². The van der Waals surface area contributed by atoms with Crippen molar-refractivity contribution in [2.45, 2.75) is 116 Å². The maximum absolute atomic E-state index is 11.9. The highest BCUT2D eigenvalue weighted by atomic mass is 32.2. The first-order valence-electron chi connectivity index (χ1n) is 15.1. The largest absolute Gasteiger partial charge is 0.380 e. The van der Waals surface area contributed by atoms with Gasteiger partial charge in [-0.05, 0) is 91.6 Å². The number of rotatable bonds is 15. The number of benzene rings is 1. The Hall–Kier alpha value is -0.670. The summed E-state index contributed by atoms with van der Waals surface area (Å²) in [5.41, 5.74) is 4.02. The van der Waals surface area contributed by atoms with Crippen LogP contribution in [0.5, 0.6) is 0 Å². The Morgan fingerprint density at radius 3 is 2.66 bits per heavy atom. The van der Waals surface area contributed by atoms with Gasteiger partial charge in [0.25, 0.3) is 0 Å². The molecule has 0 saturated heterocycles. The van der Waals surface area contributed by atoms with E-state index in [9.17, 15) is 4.21 Å². The molecule has 1 unspecified atom stereocenters. The summed E-state index contributed by atoms with van der Waals surface area (Å²) in [6.45, 7) is 6.34. The lowest BCUT2D eigenvalue weighted by atomic mass is 9.52. The normalized spacial score (nSPS) is 30.5. The van der Waals surface area contributed by atoms with Crippen LogP contribution >= 0.6 is 0 Å². The molecule has 0 amide bonds. The second-order valence-corrected chi connectivity index (χ2v) is 14.0. The maximum atomic E-state index is 11.9. The van der Waals surface area contributed by atoms with Crippen LogP contribution in [0.1, 0.15) is 121 Å². The van der Waals surface area contributed by atoms with E-state index in [0.29, 0.717) is 12.0 Å². The fourth-order valence-electron chi connectivity index (χ4n) is 8.01. The molecule has 35 heavy (non-hydrogen) atoms. The van der Waals surface area contributed by atoms with Gasteiger partial charge in [0.2, 0.25) is 0 Å². The fourth-order valence-corrected chi connectivity index (χ4v) is 9.04. The van der Waals surface area contributed by atoms with Crippen LogP contribution in [-0.2, 0) is 22.0 Å². The molecule has 198 valence electrons.